The molecule has 0 spiro atoms. The van der Waals surface area contributed by atoms with Gasteiger partial charge in [0.2, 0.25) is 5.75 Å². The van der Waals surface area contributed by atoms with Gasteiger partial charge in [0.25, 0.3) is 0 Å². The Bertz CT molecular complexity index is 978. The Hall–Kier alpha value is -3.42. The maximum Gasteiger partial charge on any atom is 0.205 e. The highest BCUT2D eigenvalue weighted by molar-refractivity contribution is 5.96. The van der Waals surface area contributed by atoms with Crippen LogP contribution in [0.5, 0.6) is 28.7 Å². The molecule has 148 valence electrons. The van der Waals surface area contributed by atoms with E-state index in [1.54, 1.807) is 35.5 Å². The molecule has 0 amide bonds. The summed E-state index contributed by atoms with van der Waals surface area (Å²) in [4.78, 5) is 8.74. The van der Waals surface area contributed by atoms with Gasteiger partial charge in [-0.25, -0.2) is 9.97 Å². The number of fused-ring (bicyclic) bond motifs is 1. The van der Waals surface area contributed by atoms with Gasteiger partial charge in [-0.2, -0.15) is 0 Å². The summed E-state index contributed by atoms with van der Waals surface area (Å²) >= 11 is 0. The number of nitrogens with one attached hydrogen (secondary N) is 1. The number of nitrogens with zero attached hydrogens (tertiary/aromatic N) is 2. The maximum atomic E-state index is 5.52. The first kappa shape index (κ1) is 19.3. The summed E-state index contributed by atoms with van der Waals surface area (Å²) in [5, 5.41) is 4.08. The van der Waals surface area contributed by atoms with Crippen LogP contribution in [0.2, 0.25) is 0 Å². The first-order chi connectivity index (χ1) is 13.7. The second-order valence-corrected chi connectivity index (χ2v) is 5.80. The van der Waals surface area contributed by atoms with Crippen molar-refractivity contribution in [2.45, 2.75) is 6.54 Å². The highest BCUT2D eigenvalue weighted by Crippen LogP contribution is 2.43. The van der Waals surface area contributed by atoms with E-state index in [1.807, 2.05) is 24.3 Å². The van der Waals surface area contributed by atoms with E-state index in [0.717, 1.165) is 22.4 Å². The van der Waals surface area contributed by atoms with Gasteiger partial charge in [-0.15, -0.1) is 0 Å². The van der Waals surface area contributed by atoms with Crippen LogP contribution in [0.4, 0.5) is 5.82 Å². The fourth-order valence-electron chi connectivity index (χ4n) is 3.00. The highest BCUT2D eigenvalue weighted by atomic mass is 16.5. The molecule has 0 unspecified atom stereocenters. The molecular formula is C20H23N3O5. The summed E-state index contributed by atoms with van der Waals surface area (Å²) in [7, 11) is 7.95. The molecule has 8 nitrogen and oxygen atoms in total. The molecule has 28 heavy (non-hydrogen) atoms. The summed E-state index contributed by atoms with van der Waals surface area (Å²) < 4.78 is 27.1. The first-order valence-electron chi connectivity index (χ1n) is 8.55. The van der Waals surface area contributed by atoms with Crippen LogP contribution in [0.1, 0.15) is 5.56 Å². The molecule has 0 saturated carbocycles. The fourth-order valence-corrected chi connectivity index (χ4v) is 3.00. The number of methoxy groups -OCH3 is 5. The number of hydrogen-bond acceptors (Lipinski definition) is 8. The Morgan fingerprint density at radius 1 is 0.786 bits per heavy atom. The highest BCUT2D eigenvalue weighted by Gasteiger charge is 2.19. The van der Waals surface area contributed by atoms with Crippen LogP contribution in [0.3, 0.4) is 0 Å². The van der Waals surface area contributed by atoms with Crippen molar-refractivity contribution in [3.05, 3.63) is 36.2 Å². The molecule has 0 atom stereocenters. The molecule has 3 rings (SSSR count). The quantitative estimate of drug-likeness (QED) is 0.632. The number of anilines is 1. The first-order valence-corrected chi connectivity index (χ1v) is 8.55. The minimum absolute atomic E-state index is 0.475. The fraction of sp³-hybridized carbons (Fsp3) is 0.300. The molecule has 3 aromatic rings. The minimum Gasteiger partial charge on any atom is -0.497 e. The Labute approximate surface area is 163 Å². The lowest BCUT2D eigenvalue weighted by molar-refractivity contribution is 0.327. The third-order valence-corrected chi connectivity index (χ3v) is 4.37. The average Bonchev–Trinajstić information content (AvgIpc) is 2.75. The van der Waals surface area contributed by atoms with Gasteiger partial charge in [-0.1, -0.05) is 0 Å². The third kappa shape index (κ3) is 3.53. The second-order valence-electron chi connectivity index (χ2n) is 5.80. The molecule has 2 aromatic carbocycles. The minimum atomic E-state index is 0.475. The molecule has 0 fully saturated rings. The summed E-state index contributed by atoms with van der Waals surface area (Å²) in [5.41, 5.74) is 1.55. The number of benzene rings is 2. The van der Waals surface area contributed by atoms with Crippen molar-refractivity contribution >= 4 is 16.7 Å². The maximum absolute atomic E-state index is 5.52. The number of rotatable bonds is 8. The number of hydrogen-bond donors (Lipinski definition) is 1. The Balaban J connectivity index is 2.03. The number of ether oxygens (including phenoxy) is 5. The predicted octanol–water partition coefficient (Wildman–Crippen LogP) is 3.28. The summed E-state index contributed by atoms with van der Waals surface area (Å²) in [6, 6.07) is 7.45. The van der Waals surface area contributed by atoms with E-state index in [0.29, 0.717) is 35.1 Å². The van der Waals surface area contributed by atoms with Crippen LogP contribution < -0.4 is 29.0 Å². The van der Waals surface area contributed by atoms with E-state index >= 15 is 0 Å². The molecule has 0 aliphatic heterocycles. The Morgan fingerprint density at radius 2 is 1.54 bits per heavy atom. The smallest absolute Gasteiger partial charge is 0.205 e. The van der Waals surface area contributed by atoms with Crippen molar-refractivity contribution in [3.63, 3.8) is 0 Å². The topological polar surface area (TPSA) is 84.0 Å². The van der Waals surface area contributed by atoms with Gasteiger partial charge >= 0.3 is 0 Å². The van der Waals surface area contributed by atoms with E-state index < -0.39 is 0 Å². The van der Waals surface area contributed by atoms with Gasteiger partial charge < -0.3 is 29.0 Å². The van der Waals surface area contributed by atoms with E-state index in [4.69, 9.17) is 23.7 Å². The summed E-state index contributed by atoms with van der Waals surface area (Å²) in [6.07, 6.45) is 1.47. The van der Waals surface area contributed by atoms with Crippen molar-refractivity contribution in [2.75, 3.05) is 40.9 Å². The monoisotopic (exact) mass is 385 g/mol. The zero-order valence-electron chi connectivity index (χ0n) is 16.5. The van der Waals surface area contributed by atoms with Crippen LogP contribution in [-0.4, -0.2) is 45.5 Å². The molecule has 8 heteroatoms. The van der Waals surface area contributed by atoms with Gasteiger partial charge in [0.1, 0.15) is 29.2 Å². The van der Waals surface area contributed by atoms with Crippen molar-refractivity contribution in [1.29, 1.82) is 0 Å². The standard InChI is InChI=1S/C20H23N3O5/c1-24-13-6-7-15(25-2)12(8-13)10-21-20-14-9-16(26-3)18(27-4)19(28-5)17(14)22-11-23-20/h6-9,11H,10H2,1-5H3,(H,21,22,23). The van der Waals surface area contributed by atoms with Gasteiger partial charge in [0.05, 0.1) is 40.9 Å². The van der Waals surface area contributed by atoms with Gasteiger partial charge in [-0.3, -0.25) is 0 Å². The van der Waals surface area contributed by atoms with Crippen molar-refractivity contribution < 1.29 is 23.7 Å². The van der Waals surface area contributed by atoms with E-state index in [9.17, 15) is 0 Å². The van der Waals surface area contributed by atoms with Gasteiger partial charge in [-0.05, 0) is 24.3 Å². The molecule has 0 bridgehead atoms. The third-order valence-electron chi connectivity index (χ3n) is 4.37. The number of aromatic nitrogens is 2. The van der Waals surface area contributed by atoms with Crippen molar-refractivity contribution in [3.8, 4) is 28.7 Å². The van der Waals surface area contributed by atoms with Crippen LogP contribution in [0.25, 0.3) is 10.9 Å². The molecule has 1 N–H and O–H groups in total. The van der Waals surface area contributed by atoms with Crippen molar-refractivity contribution in [1.82, 2.24) is 9.97 Å². The van der Waals surface area contributed by atoms with Gasteiger partial charge in [0.15, 0.2) is 11.5 Å². The van der Waals surface area contributed by atoms with Crippen LogP contribution in [0, 0.1) is 0 Å². The average molecular weight is 385 g/mol. The lowest BCUT2D eigenvalue weighted by Gasteiger charge is -2.16. The van der Waals surface area contributed by atoms with E-state index in [2.05, 4.69) is 15.3 Å². The normalized spacial score (nSPS) is 10.5. The zero-order chi connectivity index (χ0) is 20.1. The van der Waals surface area contributed by atoms with Crippen LogP contribution in [0.15, 0.2) is 30.6 Å². The van der Waals surface area contributed by atoms with Crippen molar-refractivity contribution in [2.24, 2.45) is 0 Å². The van der Waals surface area contributed by atoms with E-state index in [1.165, 1.54) is 6.33 Å². The van der Waals surface area contributed by atoms with E-state index in [-0.39, 0.29) is 0 Å². The lowest BCUT2D eigenvalue weighted by atomic mass is 10.1. The molecule has 0 aliphatic rings. The second kappa shape index (κ2) is 8.51. The van der Waals surface area contributed by atoms with Crippen LogP contribution in [-0.2, 0) is 6.54 Å². The zero-order valence-corrected chi connectivity index (χ0v) is 16.5. The Kier molecular flexibility index (Phi) is 5.88. The molecular weight excluding hydrogens is 362 g/mol. The van der Waals surface area contributed by atoms with Gasteiger partial charge in [0, 0.05) is 12.1 Å². The SMILES string of the molecule is COc1ccc(OC)c(CNc2ncnc3c(OC)c(OC)c(OC)cc23)c1. The van der Waals surface area contributed by atoms with Crippen LogP contribution >= 0.6 is 0 Å². The largest absolute Gasteiger partial charge is 0.497 e. The lowest BCUT2D eigenvalue weighted by Crippen LogP contribution is -2.05. The molecule has 1 aromatic heterocycles. The summed E-state index contributed by atoms with van der Waals surface area (Å²) in [6.45, 7) is 0.475. The molecule has 0 aliphatic carbocycles. The molecule has 1 heterocycles. The Morgan fingerprint density at radius 3 is 2.18 bits per heavy atom. The summed E-state index contributed by atoms with van der Waals surface area (Å²) in [5.74, 6) is 3.64. The molecule has 0 radical (unpaired) electrons. The predicted molar refractivity (Wildman–Crippen MR) is 106 cm³/mol. The molecule has 0 saturated heterocycles.